The summed E-state index contributed by atoms with van der Waals surface area (Å²) in [5, 5.41) is 10.7. The van der Waals surface area contributed by atoms with E-state index < -0.39 is 4.92 Å². The van der Waals surface area contributed by atoms with E-state index in [2.05, 4.69) is 9.97 Å². The number of ether oxygens (including phenoxy) is 1. The van der Waals surface area contributed by atoms with Crippen LogP contribution in [-0.4, -0.2) is 20.5 Å². The lowest BCUT2D eigenvalue weighted by molar-refractivity contribution is -0.385. The van der Waals surface area contributed by atoms with Gasteiger partial charge in [0.25, 0.3) is 5.88 Å². The summed E-state index contributed by atoms with van der Waals surface area (Å²) in [5.41, 5.74) is 4.71. The Balaban J connectivity index is 2.37. The summed E-state index contributed by atoms with van der Waals surface area (Å²) >= 11 is 0. The van der Waals surface area contributed by atoms with Crippen molar-refractivity contribution in [1.29, 1.82) is 0 Å². The van der Waals surface area contributed by atoms with Gasteiger partial charge in [-0.1, -0.05) is 0 Å². The highest BCUT2D eigenvalue weighted by Crippen LogP contribution is 2.42. The van der Waals surface area contributed by atoms with Crippen molar-refractivity contribution < 1.29 is 9.66 Å². The molecule has 1 saturated carbocycles. The number of nitrogen functional groups attached to an aromatic ring is 1. The molecule has 1 aliphatic carbocycles. The predicted molar refractivity (Wildman–Crippen MR) is 51.4 cm³/mol. The zero-order chi connectivity index (χ0) is 11.1. The van der Waals surface area contributed by atoms with Crippen molar-refractivity contribution in [1.82, 2.24) is 9.97 Å². The van der Waals surface area contributed by atoms with Crippen LogP contribution < -0.4 is 10.5 Å². The standard InChI is InChI=1S/C8H10N4O3/c1-8(2-3-8)15-7-5(12(13)14)6(9)10-4-11-7/h4H,2-3H2,1H3,(H2,9,10,11). The second kappa shape index (κ2) is 3.04. The van der Waals surface area contributed by atoms with Gasteiger partial charge in [-0.3, -0.25) is 10.1 Å². The first kappa shape index (κ1) is 9.63. The van der Waals surface area contributed by atoms with Gasteiger partial charge in [0.15, 0.2) is 0 Å². The molecule has 2 N–H and O–H groups in total. The molecule has 0 saturated heterocycles. The molecule has 0 amide bonds. The van der Waals surface area contributed by atoms with Crippen molar-refractivity contribution in [2.75, 3.05) is 5.73 Å². The third kappa shape index (κ3) is 1.80. The van der Waals surface area contributed by atoms with Crippen LogP contribution in [0, 0.1) is 10.1 Å². The molecule has 0 unspecified atom stereocenters. The minimum Gasteiger partial charge on any atom is -0.466 e. The normalized spacial score (nSPS) is 17.1. The quantitative estimate of drug-likeness (QED) is 0.587. The first-order valence-corrected chi connectivity index (χ1v) is 4.46. The fourth-order valence-electron chi connectivity index (χ4n) is 1.13. The molecule has 0 aromatic carbocycles. The van der Waals surface area contributed by atoms with Gasteiger partial charge in [-0.2, -0.15) is 4.98 Å². The Kier molecular flexibility index (Phi) is 1.95. The van der Waals surface area contributed by atoms with E-state index in [1.807, 2.05) is 6.92 Å². The van der Waals surface area contributed by atoms with Crippen LogP contribution in [0.25, 0.3) is 0 Å². The molecule has 80 valence electrons. The minimum atomic E-state index is -0.629. The van der Waals surface area contributed by atoms with E-state index in [-0.39, 0.29) is 23.0 Å². The molecule has 1 aromatic rings. The van der Waals surface area contributed by atoms with Crippen LogP contribution in [0.3, 0.4) is 0 Å². The van der Waals surface area contributed by atoms with Gasteiger partial charge in [0.05, 0.1) is 4.92 Å². The van der Waals surface area contributed by atoms with Gasteiger partial charge >= 0.3 is 5.69 Å². The maximum absolute atomic E-state index is 10.7. The van der Waals surface area contributed by atoms with Gasteiger partial charge in [-0.05, 0) is 19.8 Å². The number of anilines is 1. The molecule has 7 heteroatoms. The van der Waals surface area contributed by atoms with Gasteiger partial charge in [0.2, 0.25) is 5.82 Å². The van der Waals surface area contributed by atoms with Crippen molar-refractivity contribution in [2.24, 2.45) is 0 Å². The SMILES string of the molecule is CC1(Oc2ncnc(N)c2[N+](=O)[O-])CC1. The molecular formula is C8H10N4O3. The van der Waals surface area contributed by atoms with Crippen LogP contribution in [0.1, 0.15) is 19.8 Å². The van der Waals surface area contributed by atoms with E-state index in [1.54, 1.807) is 0 Å². The Hall–Kier alpha value is -1.92. The van der Waals surface area contributed by atoms with E-state index in [4.69, 9.17) is 10.5 Å². The molecular weight excluding hydrogens is 200 g/mol. The Morgan fingerprint density at radius 3 is 2.80 bits per heavy atom. The second-order valence-corrected chi connectivity index (χ2v) is 3.72. The van der Waals surface area contributed by atoms with Crippen molar-refractivity contribution >= 4 is 11.5 Å². The molecule has 15 heavy (non-hydrogen) atoms. The topological polar surface area (TPSA) is 104 Å². The average molecular weight is 210 g/mol. The molecule has 0 atom stereocenters. The van der Waals surface area contributed by atoms with Crippen molar-refractivity contribution in [2.45, 2.75) is 25.4 Å². The van der Waals surface area contributed by atoms with Crippen LogP contribution in [0.5, 0.6) is 5.88 Å². The predicted octanol–water partition coefficient (Wildman–Crippen LogP) is 0.898. The molecule has 1 heterocycles. The van der Waals surface area contributed by atoms with E-state index in [0.717, 1.165) is 19.2 Å². The number of nitro groups is 1. The molecule has 7 nitrogen and oxygen atoms in total. The summed E-state index contributed by atoms with van der Waals surface area (Å²) in [6.45, 7) is 1.87. The Morgan fingerprint density at radius 1 is 1.60 bits per heavy atom. The zero-order valence-corrected chi connectivity index (χ0v) is 8.14. The van der Waals surface area contributed by atoms with Crippen molar-refractivity contribution in [3.05, 3.63) is 16.4 Å². The first-order chi connectivity index (χ1) is 7.02. The van der Waals surface area contributed by atoms with E-state index in [1.165, 1.54) is 0 Å². The van der Waals surface area contributed by atoms with Crippen LogP contribution >= 0.6 is 0 Å². The Bertz CT molecular complexity index is 416. The largest absolute Gasteiger partial charge is 0.466 e. The van der Waals surface area contributed by atoms with Gasteiger partial charge in [0.1, 0.15) is 11.9 Å². The summed E-state index contributed by atoms with van der Waals surface area (Å²) in [7, 11) is 0. The molecule has 1 aliphatic rings. The lowest BCUT2D eigenvalue weighted by Crippen LogP contribution is -2.15. The monoisotopic (exact) mass is 210 g/mol. The number of nitrogens with two attached hydrogens (primary N) is 1. The lowest BCUT2D eigenvalue weighted by Gasteiger charge is -2.11. The zero-order valence-electron chi connectivity index (χ0n) is 8.14. The highest BCUT2D eigenvalue weighted by atomic mass is 16.6. The molecule has 2 rings (SSSR count). The third-order valence-electron chi connectivity index (χ3n) is 2.30. The Morgan fingerprint density at radius 2 is 2.27 bits per heavy atom. The van der Waals surface area contributed by atoms with Crippen molar-refractivity contribution in [3.8, 4) is 5.88 Å². The maximum atomic E-state index is 10.7. The fraction of sp³-hybridized carbons (Fsp3) is 0.500. The maximum Gasteiger partial charge on any atom is 0.372 e. The third-order valence-corrected chi connectivity index (χ3v) is 2.30. The Labute approximate surface area is 85.4 Å². The van der Waals surface area contributed by atoms with Gasteiger partial charge in [-0.25, -0.2) is 4.98 Å². The molecule has 0 spiro atoms. The first-order valence-electron chi connectivity index (χ1n) is 4.46. The minimum absolute atomic E-state index is 0.0486. The highest BCUT2D eigenvalue weighted by molar-refractivity contribution is 5.58. The summed E-state index contributed by atoms with van der Waals surface area (Å²) in [6, 6.07) is 0. The average Bonchev–Trinajstić information content (AvgIpc) is 2.82. The molecule has 0 aliphatic heterocycles. The smallest absolute Gasteiger partial charge is 0.372 e. The highest BCUT2D eigenvalue weighted by Gasteiger charge is 2.42. The number of rotatable bonds is 3. The molecule has 1 fully saturated rings. The summed E-state index contributed by atoms with van der Waals surface area (Å²) in [5.74, 6) is -0.221. The molecule has 0 bridgehead atoms. The van der Waals surface area contributed by atoms with Gasteiger partial charge in [0, 0.05) is 0 Å². The molecule has 1 aromatic heterocycles. The van der Waals surface area contributed by atoms with Crippen LogP contribution in [0.4, 0.5) is 11.5 Å². The van der Waals surface area contributed by atoms with Crippen LogP contribution in [-0.2, 0) is 0 Å². The van der Waals surface area contributed by atoms with E-state index in [0.29, 0.717) is 0 Å². The van der Waals surface area contributed by atoms with Gasteiger partial charge < -0.3 is 10.5 Å². The van der Waals surface area contributed by atoms with Crippen molar-refractivity contribution in [3.63, 3.8) is 0 Å². The fourth-order valence-corrected chi connectivity index (χ4v) is 1.13. The van der Waals surface area contributed by atoms with E-state index in [9.17, 15) is 10.1 Å². The number of hydrogen-bond donors (Lipinski definition) is 1. The number of hydrogen-bond acceptors (Lipinski definition) is 6. The number of aromatic nitrogens is 2. The van der Waals surface area contributed by atoms with Crippen LogP contribution in [0.15, 0.2) is 6.33 Å². The van der Waals surface area contributed by atoms with E-state index >= 15 is 0 Å². The summed E-state index contributed by atoms with van der Waals surface area (Å²) in [4.78, 5) is 17.4. The summed E-state index contributed by atoms with van der Waals surface area (Å²) < 4.78 is 5.41. The lowest BCUT2D eigenvalue weighted by atomic mass is 10.4. The molecule has 0 radical (unpaired) electrons. The van der Waals surface area contributed by atoms with Gasteiger partial charge in [-0.15, -0.1) is 0 Å². The summed E-state index contributed by atoms with van der Waals surface area (Å²) in [6.07, 6.45) is 2.89. The van der Waals surface area contributed by atoms with Crippen LogP contribution in [0.2, 0.25) is 0 Å². The second-order valence-electron chi connectivity index (χ2n) is 3.72. The number of nitrogens with zero attached hydrogens (tertiary/aromatic N) is 3.